The lowest BCUT2D eigenvalue weighted by Crippen LogP contribution is -2.25. The molecule has 0 radical (unpaired) electrons. The summed E-state index contributed by atoms with van der Waals surface area (Å²) in [6, 6.07) is 0. The fourth-order valence-electron chi connectivity index (χ4n) is 0.828. The van der Waals surface area contributed by atoms with Crippen LogP contribution >= 0.6 is 0 Å². The van der Waals surface area contributed by atoms with Crippen LogP contribution in [-0.2, 0) is 9.53 Å². The van der Waals surface area contributed by atoms with Crippen LogP contribution in [-0.4, -0.2) is 23.3 Å². The minimum absolute atomic E-state index is 0.0844. The molecule has 0 saturated heterocycles. The van der Waals surface area contributed by atoms with Gasteiger partial charge in [-0.2, -0.15) is 0 Å². The Labute approximate surface area is 67.4 Å². The fraction of sp³-hybridized carbons (Fsp3) is 0.875. The SMILES string of the molecule is CCC(CC)OC(C)C(=O)O. The average Bonchev–Trinajstić information content (AvgIpc) is 1.99. The van der Waals surface area contributed by atoms with E-state index in [1.165, 1.54) is 0 Å². The quantitative estimate of drug-likeness (QED) is 0.665. The van der Waals surface area contributed by atoms with E-state index in [1.54, 1.807) is 6.92 Å². The van der Waals surface area contributed by atoms with Gasteiger partial charge in [-0.15, -0.1) is 0 Å². The maximum absolute atomic E-state index is 10.3. The van der Waals surface area contributed by atoms with Crippen molar-refractivity contribution in [1.82, 2.24) is 0 Å². The molecule has 0 aliphatic rings. The first-order chi connectivity index (χ1) is 5.11. The van der Waals surface area contributed by atoms with Gasteiger partial charge in [-0.1, -0.05) is 13.8 Å². The number of carbonyl (C=O) groups is 1. The molecule has 0 aromatic heterocycles. The molecule has 1 atom stereocenters. The van der Waals surface area contributed by atoms with E-state index >= 15 is 0 Å². The predicted octanol–water partition coefficient (Wildman–Crippen LogP) is 1.66. The summed E-state index contributed by atoms with van der Waals surface area (Å²) in [5.74, 6) is -0.892. The fourth-order valence-corrected chi connectivity index (χ4v) is 0.828. The van der Waals surface area contributed by atoms with Gasteiger partial charge in [0.1, 0.15) is 0 Å². The Bertz CT molecular complexity index is 119. The summed E-state index contributed by atoms with van der Waals surface area (Å²) in [6.07, 6.45) is 1.14. The zero-order valence-corrected chi connectivity index (χ0v) is 7.33. The molecule has 0 aliphatic heterocycles. The van der Waals surface area contributed by atoms with Crippen LogP contribution in [0.15, 0.2) is 0 Å². The minimum Gasteiger partial charge on any atom is -0.479 e. The summed E-state index contributed by atoms with van der Waals surface area (Å²) >= 11 is 0. The van der Waals surface area contributed by atoms with E-state index in [0.717, 1.165) is 12.8 Å². The van der Waals surface area contributed by atoms with Gasteiger partial charge in [0.2, 0.25) is 0 Å². The number of hydrogen-bond acceptors (Lipinski definition) is 2. The number of hydrogen-bond donors (Lipinski definition) is 1. The van der Waals surface area contributed by atoms with E-state index in [9.17, 15) is 4.79 Å². The molecule has 0 rings (SSSR count). The van der Waals surface area contributed by atoms with Crippen molar-refractivity contribution < 1.29 is 14.6 Å². The smallest absolute Gasteiger partial charge is 0.332 e. The standard InChI is InChI=1S/C8H16O3/c1-4-7(5-2)11-6(3)8(9)10/h6-7H,4-5H2,1-3H3,(H,9,10). The first-order valence-electron chi connectivity index (χ1n) is 4.00. The van der Waals surface area contributed by atoms with Crippen molar-refractivity contribution in [3.63, 3.8) is 0 Å². The Morgan fingerprint density at radius 1 is 1.45 bits per heavy atom. The highest BCUT2D eigenvalue weighted by Gasteiger charge is 2.15. The Kier molecular flexibility index (Phi) is 4.86. The lowest BCUT2D eigenvalue weighted by Gasteiger charge is -2.16. The van der Waals surface area contributed by atoms with Gasteiger partial charge in [-0.05, 0) is 19.8 Å². The normalized spacial score (nSPS) is 13.5. The lowest BCUT2D eigenvalue weighted by molar-refractivity contribution is -0.153. The van der Waals surface area contributed by atoms with Crippen molar-refractivity contribution in [3.8, 4) is 0 Å². The topological polar surface area (TPSA) is 46.5 Å². The summed E-state index contributed by atoms with van der Waals surface area (Å²) in [5, 5.41) is 8.50. The summed E-state index contributed by atoms with van der Waals surface area (Å²) in [7, 11) is 0. The van der Waals surface area contributed by atoms with Crippen LogP contribution in [0.5, 0.6) is 0 Å². The van der Waals surface area contributed by atoms with Gasteiger partial charge in [0.15, 0.2) is 6.10 Å². The molecule has 0 aliphatic carbocycles. The van der Waals surface area contributed by atoms with Crippen LogP contribution in [0.1, 0.15) is 33.6 Å². The second kappa shape index (κ2) is 5.13. The van der Waals surface area contributed by atoms with Gasteiger partial charge < -0.3 is 9.84 Å². The molecule has 1 unspecified atom stereocenters. The van der Waals surface area contributed by atoms with Gasteiger partial charge in [0.25, 0.3) is 0 Å². The van der Waals surface area contributed by atoms with E-state index in [1.807, 2.05) is 13.8 Å². The highest BCUT2D eigenvalue weighted by molar-refractivity contribution is 5.71. The second-order valence-electron chi connectivity index (χ2n) is 2.56. The molecule has 1 N–H and O–H groups in total. The van der Waals surface area contributed by atoms with Crippen LogP contribution in [0, 0.1) is 0 Å². The zero-order valence-electron chi connectivity index (χ0n) is 7.33. The Morgan fingerprint density at radius 2 is 1.91 bits per heavy atom. The van der Waals surface area contributed by atoms with Crippen LogP contribution in [0.25, 0.3) is 0 Å². The van der Waals surface area contributed by atoms with E-state index in [0.29, 0.717) is 0 Å². The van der Waals surface area contributed by atoms with Crippen LogP contribution < -0.4 is 0 Å². The number of carboxylic acid groups (broad SMARTS) is 1. The third kappa shape index (κ3) is 3.98. The largest absolute Gasteiger partial charge is 0.479 e. The second-order valence-corrected chi connectivity index (χ2v) is 2.56. The van der Waals surface area contributed by atoms with E-state index < -0.39 is 12.1 Å². The molecule has 0 heterocycles. The monoisotopic (exact) mass is 160 g/mol. The Morgan fingerprint density at radius 3 is 2.18 bits per heavy atom. The highest BCUT2D eigenvalue weighted by Crippen LogP contribution is 2.06. The van der Waals surface area contributed by atoms with Crippen LogP contribution in [0.4, 0.5) is 0 Å². The average molecular weight is 160 g/mol. The third-order valence-electron chi connectivity index (χ3n) is 1.66. The Hall–Kier alpha value is -0.570. The summed E-state index contributed by atoms with van der Waals surface area (Å²) in [5.41, 5.74) is 0. The van der Waals surface area contributed by atoms with Gasteiger partial charge in [-0.25, -0.2) is 4.79 Å². The summed E-state index contributed by atoms with van der Waals surface area (Å²) < 4.78 is 5.21. The lowest BCUT2D eigenvalue weighted by atomic mass is 10.2. The Balaban J connectivity index is 3.71. The molecule has 66 valence electrons. The predicted molar refractivity (Wildman–Crippen MR) is 42.6 cm³/mol. The van der Waals surface area contributed by atoms with Crippen molar-refractivity contribution in [2.45, 2.75) is 45.8 Å². The number of ether oxygens (including phenoxy) is 1. The van der Waals surface area contributed by atoms with Crippen molar-refractivity contribution in [1.29, 1.82) is 0 Å². The van der Waals surface area contributed by atoms with E-state index in [4.69, 9.17) is 9.84 Å². The van der Waals surface area contributed by atoms with Crippen molar-refractivity contribution in [2.24, 2.45) is 0 Å². The molecule has 0 amide bonds. The van der Waals surface area contributed by atoms with E-state index in [2.05, 4.69) is 0 Å². The summed E-state index contributed by atoms with van der Waals surface area (Å²) in [6.45, 7) is 5.53. The maximum Gasteiger partial charge on any atom is 0.332 e. The van der Waals surface area contributed by atoms with Gasteiger partial charge in [0, 0.05) is 0 Å². The number of rotatable bonds is 5. The van der Waals surface area contributed by atoms with Crippen LogP contribution in [0.3, 0.4) is 0 Å². The van der Waals surface area contributed by atoms with Crippen molar-refractivity contribution in [3.05, 3.63) is 0 Å². The molecule has 0 aromatic rings. The maximum atomic E-state index is 10.3. The highest BCUT2D eigenvalue weighted by atomic mass is 16.5. The molecule has 3 heteroatoms. The van der Waals surface area contributed by atoms with Crippen LogP contribution in [0.2, 0.25) is 0 Å². The van der Waals surface area contributed by atoms with E-state index in [-0.39, 0.29) is 6.10 Å². The third-order valence-corrected chi connectivity index (χ3v) is 1.66. The number of carboxylic acids is 1. The first kappa shape index (κ1) is 10.4. The van der Waals surface area contributed by atoms with Gasteiger partial charge >= 0.3 is 5.97 Å². The minimum atomic E-state index is -0.892. The zero-order chi connectivity index (χ0) is 8.85. The molecule has 11 heavy (non-hydrogen) atoms. The van der Waals surface area contributed by atoms with Gasteiger partial charge in [0.05, 0.1) is 6.10 Å². The van der Waals surface area contributed by atoms with Crippen molar-refractivity contribution in [2.75, 3.05) is 0 Å². The molecular weight excluding hydrogens is 144 g/mol. The molecule has 0 saturated carbocycles. The molecule has 0 fully saturated rings. The molecule has 0 aromatic carbocycles. The molecule has 0 spiro atoms. The van der Waals surface area contributed by atoms with Crippen molar-refractivity contribution >= 4 is 5.97 Å². The molecular formula is C8H16O3. The summed E-state index contributed by atoms with van der Waals surface area (Å²) in [4.78, 5) is 10.3. The first-order valence-corrected chi connectivity index (χ1v) is 4.00. The number of aliphatic carboxylic acids is 1. The molecule has 0 bridgehead atoms. The molecule has 3 nitrogen and oxygen atoms in total. The van der Waals surface area contributed by atoms with Gasteiger partial charge in [-0.3, -0.25) is 0 Å².